The lowest BCUT2D eigenvalue weighted by atomic mass is 10.0. The van der Waals surface area contributed by atoms with Crippen LogP contribution in [0.15, 0.2) is 6.20 Å². The summed E-state index contributed by atoms with van der Waals surface area (Å²) in [5.74, 6) is -0.680. The maximum Gasteiger partial charge on any atom is 0.325 e. The quantitative estimate of drug-likeness (QED) is 0.725. The van der Waals surface area contributed by atoms with Crippen LogP contribution >= 0.6 is 0 Å². The van der Waals surface area contributed by atoms with E-state index >= 15 is 0 Å². The minimum atomic E-state index is -3.54. The minimum Gasteiger partial charge on any atom is -0.480 e. The van der Waals surface area contributed by atoms with E-state index in [1.54, 1.807) is 0 Å². The summed E-state index contributed by atoms with van der Waals surface area (Å²) < 4.78 is 29.4. The molecule has 2 heterocycles. The summed E-state index contributed by atoms with van der Waals surface area (Å²) in [4.78, 5) is 10.5. The molecule has 10 heteroatoms. The van der Waals surface area contributed by atoms with E-state index < -0.39 is 16.2 Å². The Labute approximate surface area is 123 Å². The van der Waals surface area contributed by atoms with E-state index in [9.17, 15) is 13.2 Å². The largest absolute Gasteiger partial charge is 0.480 e. The van der Waals surface area contributed by atoms with Crippen LogP contribution in [-0.4, -0.2) is 51.9 Å². The second-order valence-corrected chi connectivity index (χ2v) is 6.99. The molecule has 1 aliphatic heterocycles. The molecular formula is C11H19N5O4S. The van der Waals surface area contributed by atoms with Gasteiger partial charge in [0.15, 0.2) is 0 Å². The molecule has 0 amide bonds. The first-order valence-corrected chi connectivity index (χ1v) is 8.16. The molecule has 0 spiro atoms. The third kappa shape index (κ3) is 4.48. The smallest absolute Gasteiger partial charge is 0.325 e. The SMILES string of the molecule is CC1CCCN(S(=O)(=O)NCc2cn(CC(=O)O)nn2)C1. The molecule has 1 aliphatic rings. The van der Waals surface area contributed by atoms with Crippen LogP contribution in [0.1, 0.15) is 25.5 Å². The van der Waals surface area contributed by atoms with Gasteiger partial charge in [-0.25, -0.2) is 4.68 Å². The topological polar surface area (TPSA) is 117 Å². The third-order valence-corrected chi connectivity index (χ3v) is 4.80. The van der Waals surface area contributed by atoms with Crippen molar-refractivity contribution in [3.63, 3.8) is 0 Å². The normalized spacial score (nSPS) is 20.5. The molecule has 1 unspecified atom stereocenters. The number of aromatic nitrogens is 3. The Hall–Kier alpha value is -1.52. The van der Waals surface area contributed by atoms with Crippen molar-refractivity contribution in [1.82, 2.24) is 24.0 Å². The fraction of sp³-hybridized carbons (Fsp3) is 0.727. The number of hydrogen-bond acceptors (Lipinski definition) is 5. The van der Waals surface area contributed by atoms with Crippen molar-refractivity contribution in [2.75, 3.05) is 13.1 Å². The summed E-state index contributed by atoms with van der Waals surface area (Å²) in [5.41, 5.74) is 0.380. The molecular weight excluding hydrogens is 298 g/mol. The zero-order valence-corrected chi connectivity index (χ0v) is 12.6. The zero-order chi connectivity index (χ0) is 15.5. The van der Waals surface area contributed by atoms with Gasteiger partial charge in [-0.3, -0.25) is 4.79 Å². The average molecular weight is 317 g/mol. The van der Waals surface area contributed by atoms with Crippen molar-refractivity contribution in [1.29, 1.82) is 0 Å². The molecule has 1 fully saturated rings. The number of carboxylic acid groups (broad SMARTS) is 1. The van der Waals surface area contributed by atoms with Gasteiger partial charge in [-0.2, -0.15) is 17.4 Å². The van der Waals surface area contributed by atoms with Gasteiger partial charge in [0, 0.05) is 13.1 Å². The van der Waals surface area contributed by atoms with Gasteiger partial charge in [0.25, 0.3) is 10.2 Å². The molecule has 0 saturated carbocycles. The number of nitrogens with one attached hydrogen (secondary N) is 1. The number of rotatable bonds is 6. The van der Waals surface area contributed by atoms with Crippen LogP contribution in [0.25, 0.3) is 0 Å². The molecule has 2 N–H and O–H groups in total. The van der Waals surface area contributed by atoms with E-state index in [4.69, 9.17) is 5.11 Å². The van der Waals surface area contributed by atoms with E-state index in [1.165, 1.54) is 10.5 Å². The Bertz CT molecular complexity index is 600. The zero-order valence-electron chi connectivity index (χ0n) is 11.8. The summed E-state index contributed by atoms with van der Waals surface area (Å²) in [6.07, 6.45) is 3.31. The third-order valence-electron chi connectivity index (χ3n) is 3.28. The van der Waals surface area contributed by atoms with E-state index in [0.29, 0.717) is 24.7 Å². The van der Waals surface area contributed by atoms with Gasteiger partial charge < -0.3 is 5.11 Å². The number of hydrogen-bond donors (Lipinski definition) is 2. The molecule has 21 heavy (non-hydrogen) atoms. The molecule has 2 rings (SSSR count). The number of carbonyl (C=O) groups is 1. The fourth-order valence-corrected chi connectivity index (χ4v) is 3.59. The van der Waals surface area contributed by atoms with Crippen LogP contribution in [0.4, 0.5) is 0 Å². The first-order chi connectivity index (χ1) is 9.87. The summed E-state index contributed by atoms with van der Waals surface area (Å²) in [6, 6.07) is 0. The Balaban J connectivity index is 1.92. The van der Waals surface area contributed by atoms with Gasteiger partial charge in [-0.1, -0.05) is 12.1 Å². The molecule has 118 valence electrons. The van der Waals surface area contributed by atoms with E-state index in [2.05, 4.69) is 15.0 Å². The highest BCUT2D eigenvalue weighted by molar-refractivity contribution is 7.87. The van der Waals surface area contributed by atoms with Gasteiger partial charge >= 0.3 is 5.97 Å². The number of nitrogens with zero attached hydrogens (tertiary/aromatic N) is 4. The van der Waals surface area contributed by atoms with Crippen molar-refractivity contribution < 1.29 is 18.3 Å². The van der Waals surface area contributed by atoms with Crippen LogP contribution in [0.2, 0.25) is 0 Å². The lowest BCUT2D eigenvalue weighted by Crippen LogP contribution is -2.45. The molecule has 1 atom stereocenters. The predicted octanol–water partition coefficient (Wildman–Crippen LogP) is -0.571. The summed E-state index contributed by atoms with van der Waals surface area (Å²) in [5, 5.41) is 16.0. The fourth-order valence-electron chi connectivity index (χ4n) is 2.26. The van der Waals surface area contributed by atoms with Gasteiger partial charge in [0.2, 0.25) is 0 Å². The van der Waals surface area contributed by atoms with Crippen molar-refractivity contribution in [2.24, 2.45) is 5.92 Å². The summed E-state index contributed by atoms with van der Waals surface area (Å²) >= 11 is 0. The van der Waals surface area contributed by atoms with Crippen LogP contribution in [0.3, 0.4) is 0 Å². The number of piperidine rings is 1. The Kier molecular flexibility index (Phi) is 4.91. The maximum atomic E-state index is 12.2. The van der Waals surface area contributed by atoms with Gasteiger partial charge in [-0.05, 0) is 18.8 Å². The van der Waals surface area contributed by atoms with Gasteiger partial charge in [0.05, 0.1) is 18.4 Å². The molecule has 1 aromatic heterocycles. The van der Waals surface area contributed by atoms with Gasteiger partial charge in [-0.15, -0.1) is 5.10 Å². The Morgan fingerprint density at radius 3 is 3.00 bits per heavy atom. The van der Waals surface area contributed by atoms with Crippen LogP contribution in [0, 0.1) is 5.92 Å². The molecule has 1 saturated heterocycles. The minimum absolute atomic E-state index is 0.00711. The van der Waals surface area contributed by atoms with Crippen LogP contribution in [0.5, 0.6) is 0 Å². The molecule has 9 nitrogen and oxygen atoms in total. The lowest BCUT2D eigenvalue weighted by molar-refractivity contribution is -0.137. The predicted molar refractivity (Wildman–Crippen MR) is 73.4 cm³/mol. The average Bonchev–Trinajstić information content (AvgIpc) is 2.83. The summed E-state index contributed by atoms with van der Waals surface area (Å²) in [7, 11) is -3.54. The first-order valence-electron chi connectivity index (χ1n) is 6.72. The lowest BCUT2D eigenvalue weighted by Gasteiger charge is -2.29. The number of carboxylic acids is 1. The molecule has 1 aromatic rings. The number of aliphatic carboxylic acids is 1. The van der Waals surface area contributed by atoms with Crippen LogP contribution < -0.4 is 4.72 Å². The Morgan fingerprint density at radius 2 is 2.33 bits per heavy atom. The summed E-state index contributed by atoms with van der Waals surface area (Å²) in [6.45, 7) is 2.75. The second-order valence-electron chi connectivity index (χ2n) is 5.23. The van der Waals surface area contributed by atoms with E-state index in [1.807, 2.05) is 6.92 Å². The van der Waals surface area contributed by atoms with Crippen molar-refractivity contribution in [2.45, 2.75) is 32.9 Å². The standard InChI is InChI=1S/C11H19N5O4S/c1-9-3-2-4-16(6-9)21(19,20)12-5-10-7-15(14-13-10)8-11(17)18/h7,9,12H,2-6,8H2,1H3,(H,17,18). The molecule has 0 aliphatic carbocycles. The van der Waals surface area contributed by atoms with E-state index in [-0.39, 0.29) is 13.1 Å². The highest BCUT2D eigenvalue weighted by atomic mass is 32.2. The second kappa shape index (κ2) is 6.50. The van der Waals surface area contributed by atoms with Crippen molar-refractivity contribution in [3.05, 3.63) is 11.9 Å². The van der Waals surface area contributed by atoms with Crippen molar-refractivity contribution in [3.8, 4) is 0 Å². The maximum absolute atomic E-state index is 12.2. The first kappa shape index (κ1) is 15.9. The molecule has 0 bridgehead atoms. The monoisotopic (exact) mass is 317 g/mol. The highest BCUT2D eigenvalue weighted by Crippen LogP contribution is 2.17. The Morgan fingerprint density at radius 1 is 1.57 bits per heavy atom. The highest BCUT2D eigenvalue weighted by Gasteiger charge is 2.26. The van der Waals surface area contributed by atoms with Crippen LogP contribution in [-0.2, 0) is 28.1 Å². The molecule has 0 aromatic carbocycles. The van der Waals surface area contributed by atoms with Crippen molar-refractivity contribution >= 4 is 16.2 Å². The molecule has 0 radical (unpaired) electrons. The van der Waals surface area contributed by atoms with E-state index in [0.717, 1.165) is 17.5 Å². The van der Waals surface area contributed by atoms with Gasteiger partial charge in [0.1, 0.15) is 6.54 Å².